The molecule has 5 rings (SSSR count). The van der Waals surface area contributed by atoms with Crippen LogP contribution in [0, 0.1) is 10.6 Å². The van der Waals surface area contributed by atoms with Gasteiger partial charge < -0.3 is 25.1 Å². The second-order valence-corrected chi connectivity index (χ2v) is 11.1. The molecule has 1 saturated heterocycles. The number of pyridine rings is 1. The molecule has 38 heavy (non-hydrogen) atoms. The number of carboxylic acid groups (broad SMARTS) is 1. The van der Waals surface area contributed by atoms with Crippen molar-refractivity contribution in [1.82, 2.24) is 4.90 Å². The first-order valence-electron chi connectivity index (χ1n) is 12.7. The predicted octanol–water partition coefficient (Wildman–Crippen LogP) is 5.01. The maximum atomic E-state index is 12.6. The van der Waals surface area contributed by atoms with E-state index in [1.807, 2.05) is 30.3 Å². The number of piperidine rings is 1. The summed E-state index contributed by atoms with van der Waals surface area (Å²) in [5, 5.41) is 34.4. The van der Waals surface area contributed by atoms with Gasteiger partial charge in [-0.3, -0.25) is 0 Å². The summed E-state index contributed by atoms with van der Waals surface area (Å²) in [5.41, 5.74) is 2.34. The van der Waals surface area contributed by atoms with E-state index in [1.54, 1.807) is 18.2 Å². The highest BCUT2D eigenvalue weighted by Gasteiger charge is 2.48. The van der Waals surface area contributed by atoms with Gasteiger partial charge in [0, 0.05) is 41.7 Å². The van der Waals surface area contributed by atoms with Crippen LogP contribution in [0.4, 0.5) is 0 Å². The van der Waals surface area contributed by atoms with Crippen LogP contribution in [-0.2, 0) is 12.2 Å². The predicted molar refractivity (Wildman–Crippen MR) is 145 cm³/mol. The second kappa shape index (κ2) is 10.1. The number of ether oxygens (including phenoxy) is 1. The van der Waals surface area contributed by atoms with Gasteiger partial charge in [-0.05, 0) is 60.4 Å². The Morgan fingerprint density at radius 3 is 2.66 bits per heavy atom. The van der Waals surface area contributed by atoms with E-state index >= 15 is 0 Å². The average Bonchev–Trinajstić information content (AvgIpc) is 3.04. The molecule has 198 valence electrons. The van der Waals surface area contributed by atoms with Crippen LogP contribution in [0.3, 0.4) is 0 Å². The molecule has 0 radical (unpaired) electrons. The number of hydrogen-bond donors (Lipinski definition) is 2. The molecule has 0 amide bonds. The quantitative estimate of drug-likeness (QED) is 0.353. The Bertz CT molecular complexity index is 1400. The molecule has 0 unspecified atom stereocenters. The highest BCUT2D eigenvalue weighted by Crippen LogP contribution is 2.46. The van der Waals surface area contributed by atoms with E-state index in [9.17, 15) is 20.2 Å². The monoisotopic (exact) mass is 534 g/mol. The van der Waals surface area contributed by atoms with Gasteiger partial charge in [0.1, 0.15) is 5.75 Å². The third-order valence-corrected chi connectivity index (χ3v) is 8.13. The minimum absolute atomic E-state index is 0.0972. The number of benzene rings is 2. The van der Waals surface area contributed by atoms with E-state index < -0.39 is 17.0 Å². The van der Waals surface area contributed by atoms with E-state index in [4.69, 9.17) is 16.3 Å². The number of carboxylic acids is 1. The largest absolute Gasteiger partial charge is 0.618 e. The van der Waals surface area contributed by atoms with Crippen LogP contribution in [-0.4, -0.2) is 40.7 Å². The molecule has 8 heteroatoms. The Labute approximate surface area is 227 Å². The van der Waals surface area contributed by atoms with Crippen LogP contribution in [0.2, 0.25) is 5.02 Å². The van der Waals surface area contributed by atoms with Gasteiger partial charge in [-0.15, -0.1) is 0 Å². The van der Waals surface area contributed by atoms with E-state index in [-0.39, 0.29) is 12.2 Å². The van der Waals surface area contributed by atoms with E-state index in [1.165, 1.54) is 12.3 Å². The lowest BCUT2D eigenvalue weighted by molar-refractivity contribution is -0.616. The highest BCUT2D eigenvalue weighted by molar-refractivity contribution is 6.30. The molecule has 2 aliphatic rings. The molecular weight excluding hydrogens is 504 g/mol. The van der Waals surface area contributed by atoms with Gasteiger partial charge in [-0.2, -0.15) is 4.73 Å². The number of aliphatic hydroxyl groups is 1. The standard InChI is InChI=1S/C30H31ClN2O5/c1-29(2)19-32(16-13-30(29,36)21-8-10-22(31)11-9-21)14-3-5-23-24-6-4-15-33(37)26(24)18-38-27-12-7-20(28(34)35)17-25(23)27/h4-12,15,17,36H,3,13-14,16,18-19H2,1-2H3,(H,34,35)/t30-/m1/s1. The van der Waals surface area contributed by atoms with E-state index in [2.05, 4.69) is 24.8 Å². The molecule has 2 aromatic carbocycles. The van der Waals surface area contributed by atoms with Gasteiger partial charge in [0.25, 0.3) is 0 Å². The molecule has 7 nitrogen and oxygen atoms in total. The van der Waals surface area contributed by atoms with Crippen LogP contribution in [0.5, 0.6) is 5.75 Å². The van der Waals surface area contributed by atoms with Crippen molar-refractivity contribution in [1.29, 1.82) is 0 Å². The van der Waals surface area contributed by atoms with Crippen LogP contribution in [0.15, 0.2) is 66.9 Å². The van der Waals surface area contributed by atoms with E-state index in [0.717, 1.165) is 34.5 Å². The van der Waals surface area contributed by atoms with Crippen LogP contribution < -0.4 is 9.47 Å². The fourth-order valence-corrected chi connectivity index (χ4v) is 5.82. The highest BCUT2D eigenvalue weighted by atomic mass is 35.5. The number of halogens is 1. The third kappa shape index (κ3) is 4.77. The maximum absolute atomic E-state index is 12.6. The Morgan fingerprint density at radius 2 is 1.95 bits per heavy atom. The molecule has 0 saturated carbocycles. The zero-order valence-electron chi connectivity index (χ0n) is 21.5. The van der Waals surface area contributed by atoms with Crippen LogP contribution >= 0.6 is 11.6 Å². The zero-order valence-corrected chi connectivity index (χ0v) is 22.2. The van der Waals surface area contributed by atoms with Gasteiger partial charge in [0.2, 0.25) is 5.69 Å². The molecule has 3 heterocycles. The molecule has 2 aliphatic heterocycles. The number of hydrogen-bond acceptors (Lipinski definition) is 5. The molecule has 0 aliphatic carbocycles. The Balaban J connectivity index is 1.40. The fraction of sp³-hybridized carbons (Fsp3) is 0.333. The maximum Gasteiger partial charge on any atom is 0.335 e. The number of likely N-dealkylation sites (tertiary alicyclic amines) is 1. The van der Waals surface area contributed by atoms with E-state index in [0.29, 0.717) is 41.4 Å². The third-order valence-electron chi connectivity index (χ3n) is 7.88. The number of aromatic nitrogens is 1. The van der Waals surface area contributed by atoms with Crippen LogP contribution in [0.25, 0.3) is 5.57 Å². The van der Waals surface area contributed by atoms with Crippen molar-refractivity contribution >= 4 is 23.1 Å². The molecule has 1 aromatic heterocycles. The summed E-state index contributed by atoms with van der Waals surface area (Å²) in [6.45, 7) is 6.45. The van der Waals surface area contributed by atoms with Crippen molar-refractivity contribution in [3.05, 3.63) is 105 Å². The molecule has 0 bridgehead atoms. The number of aromatic carboxylic acids is 1. The SMILES string of the molecule is CC1(C)CN(CCC=C2c3cc(C(=O)O)ccc3OCc3c2ccc[n+]3[O-])CC[C@@]1(O)c1ccc(Cl)cc1. The topological polar surface area (TPSA) is 96.9 Å². The zero-order chi connectivity index (χ0) is 27.1. The summed E-state index contributed by atoms with van der Waals surface area (Å²) in [4.78, 5) is 14.0. The first kappa shape index (κ1) is 26.2. The normalized spacial score (nSPS) is 21.7. The van der Waals surface area contributed by atoms with Gasteiger partial charge in [-0.25, -0.2) is 4.79 Å². The Kier molecular flexibility index (Phi) is 6.94. The van der Waals surface area contributed by atoms with Crippen LogP contribution in [0.1, 0.15) is 59.4 Å². The molecule has 2 N–H and O–H groups in total. The number of rotatable bonds is 5. The molecule has 3 aromatic rings. The Morgan fingerprint density at radius 1 is 1.18 bits per heavy atom. The summed E-state index contributed by atoms with van der Waals surface area (Å²) < 4.78 is 6.72. The minimum atomic E-state index is -1.02. The lowest BCUT2D eigenvalue weighted by atomic mass is 9.66. The fourth-order valence-electron chi connectivity index (χ4n) is 5.69. The van der Waals surface area contributed by atoms with Crippen molar-refractivity contribution < 1.29 is 24.5 Å². The summed E-state index contributed by atoms with van der Waals surface area (Å²) in [6.07, 6.45) is 4.77. The number of carbonyl (C=O) groups is 1. The van der Waals surface area contributed by atoms with Crippen molar-refractivity contribution in [3.63, 3.8) is 0 Å². The minimum Gasteiger partial charge on any atom is -0.618 e. The second-order valence-electron chi connectivity index (χ2n) is 10.7. The van der Waals surface area contributed by atoms with Crippen molar-refractivity contribution in [2.75, 3.05) is 19.6 Å². The van der Waals surface area contributed by atoms with Gasteiger partial charge >= 0.3 is 5.97 Å². The summed E-state index contributed by atoms with van der Waals surface area (Å²) in [5.74, 6) is -0.475. The summed E-state index contributed by atoms with van der Waals surface area (Å²) >= 11 is 6.07. The van der Waals surface area contributed by atoms with Crippen molar-refractivity contribution in [2.24, 2.45) is 5.41 Å². The smallest absolute Gasteiger partial charge is 0.335 e. The van der Waals surface area contributed by atoms with Gasteiger partial charge in [0.15, 0.2) is 12.8 Å². The number of nitrogens with zero attached hydrogens (tertiary/aromatic N) is 2. The average molecular weight is 535 g/mol. The summed E-state index contributed by atoms with van der Waals surface area (Å²) in [6, 6.07) is 15.8. The Hall–Kier alpha value is -3.39. The molecule has 1 atom stereocenters. The summed E-state index contributed by atoms with van der Waals surface area (Å²) in [7, 11) is 0. The lowest BCUT2D eigenvalue weighted by Crippen LogP contribution is -2.55. The lowest BCUT2D eigenvalue weighted by Gasteiger charge is -2.50. The first-order valence-corrected chi connectivity index (χ1v) is 13.1. The first-order chi connectivity index (χ1) is 18.1. The molecular formula is C30H31ClN2O5. The molecule has 0 spiro atoms. The van der Waals surface area contributed by atoms with Crippen molar-refractivity contribution in [2.45, 2.75) is 38.9 Å². The van der Waals surface area contributed by atoms with Gasteiger partial charge in [0.05, 0.1) is 16.7 Å². The van der Waals surface area contributed by atoms with Gasteiger partial charge in [-0.1, -0.05) is 43.7 Å². The molecule has 1 fully saturated rings. The number of fused-ring (bicyclic) bond motifs is 2. The van der Waals surface area contributed by atoms with Crippen molar-refractivity contribution in [3.8, 4) is 5.75 Å².